The van der Waals surface area contributed by atoms with Gasteiger partial charge in [0.25, 0.3) is 0 Å². The van der Waals surface area contributed by atoms with Crippen LogP contribution >= 0.6 is 0 Å². The van der Waals surface area contributed by atoms with Crippen LogP contribution in [0.5, 0.6) is 0 Å². The largest absolute Gasteiger partial charge is 0.394 e. The molecule has 4 N–H and O–H groups in total. The van der Waals surface area contributed by atoms with Crippen molar-refractivity contribution in [1.82, 2.24) is 0 Å². The first-order valence-electron chi connectivity index (χ1n) is 8.97. The fourth-order valence-electron chi connectivity index (χ4n) is 1.79. The number of aliphatic hydroxyl groups excluding tert-OH is 4. The minimum atomic E-state index is -2.92. The number of benzene rings is 1. The molecule has 0 saturated carbocycles. The topological polar surface area (TPSA) is 123 Å². The summed E-state index contributed by atoms with van der Waals surface area (Å²) >= 11 is 0. The van der Waals surface area contributed by atoms with Crippen molar-refractivity contribution < 1.29 is 38.1 Å². The standard InChI is InChI=1S/C14H17NO6/c15-6-9(8-4-2-1-3-5-8)20-14-13(19)12(18)11(17)10(7-16)21-14/h1-5,9-14,16-19H,7H2/t9-,10-,11-,12+,13+,14-/m1/s1/i1D,2D,3D,4D,5D,9D. The third kappa shape index (κ3) is 3.39. The smallest absolute Gasteiger partial charge is 0.188 e. The van der Waals surface area contributed by atoms with Gasteiger partial charge in [-0.15, -0.1) is 0 Å². The minimum Gasteiger partial charge on any atom is -0.394 e. The Kier molecular flexibility index (Phi) is 3.14. The van der Waals surface area contributed by atoms with E-state index in [-0.39, 0.29) is 0 Å². The number of ether oxygens (including phenoxy) is 2. The summed E-state index contributed by atoms with van der Waals surface area (Å²) in [4.78, 5) is 0. The maximum Gasteiger partial charge on any atom is 0.188 e. The van der Waals surface area contributed by atoms with Crippen LogP contribution in [0.1, 0.15) is 19.9 Å². The fourth-order valence-corrected chi connectivity index (χ4v) is 1.79. The van der Waals surface area contributed by atoms with Gasteiger partial charge in [-0.3, -0.25) is 0 Å². The SMILES string of the molecule is [2H]c1c([2H])c([2H])c([C@@]([2H])(C#N)O[C@@H]2O[C@H](CO)[C@@H](O)[C@H](O)[C@@H]2O)c([2H])c1[2H]. The van der Waals surface area contributed by atoms with Gasteiger partial charge in [-0.25, -0.2) is 0 Å². The maximum absolute atomic E-state index is 9.99. The first-order valence-corrected chi connectivity index (χ1v) is 5.97. The van der Waals surface area contributed by atoms with Crippen LogP contribution in [-0.4, -0.2) is 57.7 Å². The van der Waals surface area contributed by atoms with Crippen LogP contribution in [0.3, 0.4) is 0 Å². The summed E-state index contributed by atoms with van der Waals surface area (Å²) in [5.41, 5.74) is -0.812. The molecule has 6 atom stereocenters. The van der Waals surface area contributed by atoms with E-state index in [0.717, 1.165) is 0 Å². The molecule has 1 aliphatic rings. The Morgan fingerprint density at radius 2 is 1.95 bits per heavy atom. The summed E-state index contributed by atoms with van der Waals surface area (Å²) in [6.45, 7) is -0.781. The van der Waals surface area contributed by atoms with Gasteiger partial charge in [0, 0.05) is 0 Å². The molecule has 1 aliphatic heterocycles. The van der Waals surface area contributed by atoms with Crippen LogP contribution < -0.4 is 0 Å². The predicted octanol–water partition coefficient (Wildman–Crippen LogP) is -0.932. The molecule has 0 aromatic heterocycles. The van der Waals surface area contributed by atoms with E-state index < -0.39 is 79.2 Å². The zero-order valence-electron chi connectivity index (χ0n) is 16.6. The van der Waals surface area contributed by atoms with Gasteiger partial charge in [0.15, 0.2) is 12.4 Å². The van der Waals surface area contributed by atoms with E-state index in [2.05, 4.69) is 0 Å². The van der Waals surface area contributed by atoms with Crippen molar-refractivity contribution in [3.63, 3.8) is 0 Å². The van der Waals surface area contributed by atoms with Gasteiger partial charge >= 0.3 is 0 Å². The molecule has 0 aliphatic carbocycles. The maximum atomic E-state index is 9.99. The molecule has 114 valence electrons. The second kappa shape index (κ2) is 6.95. The second-order valence-electron chi connectivity index (χ2n) is 4.26. The number of nitriles is 1. The number of rotatable bonds is 4. The van der Waals surface area contributed by atoms with Crippen LogP contribution in [0.15, 0.2) is 30.2 Å². The van der Waals surface area contributed by atoms with E-state index in [0.29, 0.717) is 0 Å². The predicted molar refractivity (Wildman–Crippen MR) is 69.6 cm³/mol. The molecule has 2 rings (SSSR count). The van der Waals surface area contributed by atoms with Gasteiger partial charge in [-0.1, -0.05) is 30.2 Å². The fraction of sp³-hybridized carbons (Fsp3) is 0.500. The highest BCUT2D eigenvalue weighted by Gasteiger charge is 2.44. The quantitative estimate of drug-likeness (QED) is 0.566. The summed E-state index contributed by atoms with van der Waals surface area (Å²) in [5, 5.41) is 48.1. The van der Waals surface area contributed by atoms with Crippen LogP contribution in [-0.2, 0) is 9.47 Å². The van der Waals surface area contributed by atoms with Crippen molar-refractivity contribution in [2.45, 2.75) is 36.8 Å². The normalized spacial score (nSPS) is 39.7. The molecule has 1 saturated heterocycles. The van der Waals surface area contributed by atoms with Gasteiger partial charge < -0.3 is 29.9 Å². The molecule has 1 fully saturated rings. The van der Waals surface area contributed by atoms with Crippen LogP contribution in [0.25, 0.3) is 0 Å². The van der Waals surface area contributed by atoms with E-state index in [1.807, 2.05) is 0 Å². The highest BCUT2D eigenvalue weighted by Crippen LogP contribution is 2.27. The van der Waals surface area contributed by atoms with Crippen molar-refractivity contribution in [2.24, 2.45) is 0 Å². The molecule has 7 nitrogen and oxygen atoms in total. The van der Waals surface area contributed by atoms with E-state index >= 15 is 0 Å². The lowest BCUT2D eigenvalue weighted by Crippen LogP contribution is -2.59. The van der Waals surface area contributed by atoms with Crippen molar-refractivity contribution in [3.05, 3.63) is 35.8 Å². The van der Waals surface area contributed by atoms with E-state index in [4.69, 9.17) is 17.7 Å². The summed E-state index contributed by atoms with van der Waals surface area (Å²) < 4.78 is 56.8. The summed E-state index contributed by atoms with van der Waals surface area (Å²) in [6, 6.07) is -2.69. The average Bonchev–Trinajstić information content (AvgIpc) is 2.65. The molecule has 7 heteroatoms. The Bertz CT molecular complexity index is 744. The number of hydrogen-bond donors (Lipinski definition) is 4. The molecule has 21 heavy (non-hydrogen) atoms. The summed E-state index contributed by atoms with van der Waals surface area (Å²) in [5.74, 6) is 0. The van der Waals surface area contributed by atoms with Crippen LogP contribution in [0.4, 0.5) is 0 Å². The minimum absolute atomic E-state index is 0.734. The molecular formula is C14H17NO6. The highest BCUT2D eigenvalue weighted by molar-refractivity contribution is 5.22. The molecule has 1 aromatic carbocycles. The van der Waals surface area contributed by atoms with Gasteiger partial charge in [0.2, 0.25) is 0 Å². The summed E-state index contributed by atoms with van der Waals surface area (Å²) in [7, 11) is 0. The van der Waals surface area contributed by atoms with E-state index in [1.165, 1.54) is 6.07 Å². The molecule has 0 radical (unpaired) electrons. The Morgan fingerprint density at radius 1 is 1.29 bits per heavy atom. The monoisotopic (exact) mass is 301 g/mol. The molecule has 0 unspecified atom stereocenters. The van der Waals surface area contributed by atoms with Gasteiger partial charge in [0.05, 0.1) is 20.9 Å². The molecule has 1 heterocycles. The van der Waals surface area contributed by atoms with Crippen LogP contribution in [0, 0.1) is 11.3 Å². The van der Waals surface area contributed by atoms with E-state index in [9.17, 15) is 25.7 Å². The second-order valence-corrected chi connectivity index (χ2v) is 4.26. The third-order valence-electron chi connectivity index (χ3n) is 2.91. The zero-order chi connectivity index (χ0) is 20.7. The number of nitrogens with zero attached hydrogens (tertiary/aromatic N) is 1. The number of aliphatic hydroxyl groups is 4. The first-order chi connectivity index (χ1) is 12.5. The van der Waals surface area contributed by atoms with Crippen molar-refractivity contribution >= 4 is 0 Å². The highest BCUT2D eigenvalue weighted by atomic mass is 16.7. The zero-order valence-corrected chi connectivity index (χ0v) is 10.6. The van der Waals surface area contributed by atoms with Gasteiger partial charge in [0.1, 0.15) is 24.4 Å². The van der Waals surface area contributed by atoms with Gasteiger partial charge in [-0.2, -0.15) is 5.26 Å². The first kappa shape index (κ1) is 9.48. The number of hydrogen-bond acceptors (Lipinski definition) is 7. The molecular weight excluding hydrogens is 278 g/mol. The lowest BCUT2D eigenvalue weighted by Gasteiger charge is -2.40. The third-order valence-corrected chi connectivity index (χ3v) is 2.91. The lowest BCUT2D eigenvalue weighted by molar-refractivity contribution is -0.307. The molecule has 1 aromatic rings. The molecule has 0 bridgehead atoms. The Hall–Kier alpha value is -1.53. The lowest BCUT2D eigenvalue weighted by atomic mass is 9.99. The van der Waals surface area contributed by atoms with Crippen LogP contribution in [0.2, 0.25) is 0 Å². The molecule has 0 spiro atoms. The van der Waals surface area contributed by atoms with Gasteiger partial charge in [-0.05, 0) is 5.56 Å². The Labute approximate surface area is 130 Å². The van der Waals surface area contributed by atoms with Crippen molar-refractivity contribution in [1.29, 1.82) is 5.26 Å². The van der Waals surface area contributed by atoms with Crippen molar-refractivity contribution in [3.8, 4) is 6.07 Å². The van der Waals surface area contributed by atoms with Crippen molar-refractivity contribution in [2.75, 3.05) is 6.61 Å². The average molecular weight is 301 g/mol. The Balaban J connectivity index is 2.49. The van der Waals surface area contributed by atoms with E-state index in [1.54, 1.807) is 0 Å². The Morgan fingerprint density at radius 3 is 2.52 bits per heavy atom. The molecule has 0 amide bonds. The summed E-state index contributed by atoms with van der Waals surface area (Å²) in [6.07, 6.45) is -11.7.